The summed E-state index contributed by atoms with van der Waals surface area (Å²) in [6.45, 7) is 0. The molecule has 3 rings (SSSR count). The lowest BCUT2D eigenvalue weighted by atomic mass is 10.2. The Morgan fingerprint density at radius 2 is 1.78 bits per heavy atom. The van der Waals surface area contributed by atoms with E-state index in [4.69, 9.17) is 4.74 Å². The van der Waals surface area contributed by atoms with Gasteiger partial charge in [0.25, 0.3) is 5.69 Å². The fourth-order valence-electron chi connectivity index (χ4n) is 2.59. The Hall–Kier alpha value is -3.98. The van der Waals surface area contributed by atoms with Crippen LogP contribution >= 0.6 is 11.8 Å². The van der Waals surface area contributed by atoms with Crippen LogP contribution in [0.1, 0.15) is 21.5 Å². The largest absolute Gasteiger partial charge is 0.423 e. The number of benzene rings is 3. The Morgan fingerprint density at radius 3 is 2.50 bits per heavy atom. The molecule has 0 bridgehead atoms. The number of nitrogens with one attached hydrogen (secondary N) is 1. The molecule has 0 unspecified atom stereocenters. The smallest absolute Gasteiger partial charge is 0.343 e. The lowest BCUT2D eigenvalue weighted by Crippen LogP contribution is -2.19. The molecule has 162 valence electrons. The van der Waals surface area contributed by atoms with Crippen LogP contribution < -0.4 is 10.2 Å². The van der Waals surface area contributed by atoms with Crippen molar-refractivity contribution in [3.05, 3.63) is 106 Å². The maximum absolute atomic E-state index is 12.0. The predicted molar refractivity (Wildman–Crippen MR) is 123 cm³/mol. The Balaban J connectivity index is 1.41. The molecule has 3 aromatic carbocycles. The fraction of sp³-hybridized carbons (Fsp3) is 0.0870. The van der Waals surface area contributed by atoms with Gasteiger partial charge in [-0.05, 0) is 47.5 Å². The highest BCUT2D eigenvalue weighted by molar-refractivity contribution is 7.99. The zero-order chi connectivity index (χ0) is 22.8. The minimum absolute atomic E-state index is 0.0259. The number of non-ortho nitro benzene ring substituents is 1. The highest BCUT2D eigenvalue weighted by Crippen LogP contribution is 2.18. The molecular weight excluding hydrogens is 430 g/mol. The molecule has 0 radical (unpaired) electrons. The molecule has 0 heterocycles. The summed E-state index contributed by atoms with van der Waals surface area (Å²) >= 11 is 1.33. The highest BCUT2D eigenvalue weighted by Gasteiger charge is 2.08. The van der Waals surface area contributed by atoms with Gasteiger partial charge in [-0.2, -0.15) is 5.10 Å². The standard InChI is InChI=1S/C23H19N3O5S/c27-22(16-32-15-18-5-4-8-20(13-18)26(29)30)25-24-14-17-9-11-21(12-10-17)31-23(28)19-6-2-1-3-7-19/h1-14H,15-16H2,(H,25,27)/b24-14-. The van der Waals surface area contributed by atoms with Gasteiger partial charge in [-0.1, -0.05) is 30.3 Å². The van der Waals surface area contributed by atoms with Crippen molar-refractivity contribution in [3.8, 4) is 5.75 Å². The molecule has 0 aliphatic carbocycles. The van der Waals surface area contributed by atoms with E-state index in [0.29, 0.717) is 22.6 Å². The molecule has 0 spiro atoms. The van der Waals surface area contributed by atoms with E-state index in [1.165, 1.54) is 30.1 Å². The van der Waals surface area contributed by atoms with Gasteiger partial charge in [-0.25, -0.2) is 10.2 Å². The van der Waals surface area contributed by atoms with Crippen molar-refractivity contribution >= 4 is 35.5 Å². The van der Waals surface area contributed by atoms with Crippen molar-refractivity contribution in [1.29, 1.82) is 0 Å². The molecule has 0 saturated heterocycles. The minimum atomic E-state index is -0.449. The molecule has 32 heavy (non-hydrogen) atoms. The second-order valence-corrected chi connectivity index (χ2v) is 7.52. The lowest BCUT2D eigenvalue weighted by molar-refractivity contribution is -0.384. The first-order chi connectivity index (χ1) is 15.5. The van der Waals surface area contributed by atoms with E-state index in [2.05, 4.69) is 10.5 Å². The van der Waals surface area contributed by atoms with Crippen LogP contribution in [0, 0.1) is 10.1 Å². The van der Waals surface area contributed by atoms with Gasteiger partial charge in [0.05, 0.1) is 22.5 Å². The lowest BCUT2D eigenvalue weighted by Gasteiger charge is -2.04. The van der Waals surface area contributed by atoms with E-state index < -0.39 is 10.9 Å². The van der Waals surface area contributed by atoms with E-state index in [1.807, 2.05) is 6.07 Å². The van der Waals surface area contributed by atoms with Gasteiger partial charge >= 0.3 is 5.97 Å². The van der Waals surface area contributed by atoms with E-state index in [-0.39, 0.29) is 17.3 Å². The van der Waals surface area contributed by atoms with Crippen LogP contribution in [0.5, 0.6) is 5.75 Å². The van der Waals surface area contributed by atoms with Gasteiger partial charge in [0.1, 0.15) is 5.75 Å². The number of esters is 1. The first-order valence-electron chi connectivity index (χ1n) is 9.51. The van der Waals surface area contributed by atoms with Crippen LogP contribution in [0.15, 0.2) is 84.0 Å². The number of carbonyl (C=O) groups excluding carboxylic acids is 2. The second kappa shape index (κ2) is 11.4. The maximum atomic E-state index is 12.0. The average Bonchev–Trinajstić information content (AvgIpc) is 2.81. The molecule has 9 heteroatoms. The van der Waals surface area contributed by atoms with Crippen LogP contribution in [0.25, 0.3) is 0 Å². The second-order valence-electron chi connectivity index (χ2n) is 6.54. The summed E-state index contributed by atoms with van der Waals surface area (Å²) in [5, 5.41) is 14.7. The summed E-state index contributed by atoms with van der Waals surface area (Å²) in [4.78, 5) is 34.3. The van der Waals surface area contributed by atoms with E-state index in [0.717, 1.165) is 5.56 Å². The van der Waals surface area contributed by atoms with E-state index >= 15 is 0 Å². The van der Waals surface area contributed by atoms with Gasteiger partial charge < -0.3 is 4.74 Å². The summed E-state index contributed by atoms with van der Waals surface area (Å²) in [7, 11) is 0. The third-order valence-corrected chi connectivity index (χ3v) is 5.13. The number of ether oxygens (including phenoxy) is 1. The summed E-state index contributed by atoms with van der Waals surface area (Å²) in [5.41, 5.74) is 4.41. The molecule has 0 atom stereocenters. The zero-order valence-electron chi connectivity index (χ0n) is 16.8. The number of hydrazone groups is 1. The quantitative estimate of drug-likeness (QED) is 0.172. The van der Waals surface area contributed by atoms with Gasteiger partial charge in [0.15, 0.2) is 0 Å². The minimum Gasteiger partial charge on any atom is -0.423 e. The predicted octanol–water partition coefficient (Wildman–Crippen LogP) is 4.20. The number of hydrogen-bond donors (Lipinski definition) is 1. The summed E-state index contributed by atoms with van der Waals surface area (Å²) in [5.74, 6) is 0.306. The van der Waals surface area contributed by atoms with Crippen molar-refractivity contribution in [2.24, 2.45) is 5.10 Å². The van der Waals surface area contributed by atoms with Crippen LogP contribution in [0.2, 0.25) is 0 Å². The molecule has 1 N–H and O–H groups in total. The van der Waals surface area contributed by atoms with E-state index in [1.54, 1.807) is 60.7 Å². The zero-order valence-corrected chi connectivity index (χ0v) is 17.7. The molecular formula is C23H19N3O5S. The van der Waals surface area contributed by atoms with Gasteiger partial charge in [0.2, 0.25) is 5.91 Å². The van der Waals surface area contributed by atoms with Crippen molar-refractivity contribution < 1.29 is 19.2 Å². The Bertz CT molecular complexity index is 1120. The molecule has 0 aromatic heterocycles. The Kier molecular flexibility index (Phi) is 8.10. The van der Waals surface area contributed by atoms with Gasteiger partial charge in [-0.3, -0.25) is 14.9 Å². The number of amides is 1. The van der Waals surface area contributed by atoms with Crippen molar-refractivity contribution in [2.45, 2.75) is 5.75 Å². The third-order valence-electron chi connectivity index (χ3n) is 4.13. The van der Waals surface area contributed by atoms with Crippen LogP contribution in [-0.2, 0) is 10.5 Å². The topological polar surface area (TPSA) is 111 Å². The van der Waals surface area contributed by atoms with Crippen LogP contribution in [0.4, 0.5) is 5.69 Å². The number of thioether (sulfide) groups is 1. The monoisotopic (exact) mass is 449 g/mol. The number of rotatable bonds is 9. The third kappa shape index (κ3) is 7.06. The molecule has 0 aliphatic heterocycles. The average molecular weight is 449 g/mol. The molecule has 1 amide bonds. The Labute approximate surface area is 188 Å². The maximum Gasteiger partial charge on any atom is 0.343 e. The number of nitrogens with zero attached hydrogens (tertiary/aromatic N) is 2. The first-order valence-corrected chi connectivity index (χ1v) is 10.7. The number of nitro benzene ring substituents is 1. The van der Waals surface area contributed by atoms with Crippen LogP contribution in [-0.4, -0.2) is 28.8 Å². The van der Waals surface area contributed by atoms with Crippen molar-refractivity contribution in [1.82, 2.24) is 5.43 Å². The summed E-state index contributed by atoms with van der Waals surface area (Å²) < 4.78 is 5.31. The molecule has 8 nitrogen and oxygen atoms in total. The SMILES string of the molecule is O=C(CSCc1cccc([N+](=O)[O-])c1)N/N=C\c1ccc(OC(=O)c2ccccc2)cc1. The first kappa shape index (κ1) is 22.7. The molecule has 0 aliphatic rings. The van der Waals surface area contributed by atoms with Crippen molar-refractivity contribution in [3.63, 3.8) is 0 Å². The normalized spacial score (nSPS) is 10.6. The number of carbonyl (C=O) groups is 2. The number of nitro groups is 1. The van der Waals surface area contributed by atoms with E-state index in [9.17, 15) is 19.7 Å². The summed E-state index contributed by atoms with van der Waals surface area (Å²) in [6.07, 6.45) is 1.48. The molecule has 0 saturated carbocycles. The molecule has 3 aromatic rings. The van der Waals surface area contributed by atoms with Crippen LogP contribution in [0.3, 0.4) is 0 Å². The highest BCUT2D eigenvalue weighted by atomic mass is 32.2. The van der Waals surface area contributed by atoms with Gasteiger partial charge in [0, 0.05) is 17.9 Å². The molecule has 0 fully saturated rings. The number of hydrogen-bond acceptors (Lipinski definition) is 7. The Morgan fingerprint density at radius 1 is 1.03 bits per heavy atom. The van der Waals surface area contributed by atoms with Gasteiger partial charge in [-0.15, -0.1) is 11.8 Å². The fourth-order valence-corrected chi connectivity index (χ4v) is 3.36. The summed E-state index contributed by atoms with van der Waals surface area (Å²) in [6, 6.07) is 21.7. The van der Waals surface area contributed by atoms with Crippen molar-refractivity contribution in [2.75, 3.05) is 5.75 Å².